The summed E-state index contributed by atoms with van der Waals surface area (Å²) in [5.74, 6) is -0.689. The van der Waals surface area contributed by atoms with Gasteiger partial charge in [-0.25, -0.2) is 9.80 Å². The van der Waals surface area contributed by atoms with E-state index >= 15 is 0 Å². The molecular weight excluding hydrogens is 460 g/mol. The minimum atomic E-state index is -1.37. The van der Waals surface area contributed by atoms with Crippen LogP contribution >= 0.6 is 0 Å². The van der Waals surface area contributed by atoms with Gasteiger partial charge in [-0.05, 0) is 53.2 Å². The van der Waals surface area contributed by atoms with Gasteiger partial charge in [0.15, 0.2) is 11.1 Å². The number of amides is 1. The predicted molar refractivity (Wildman–Crippen MR) is 145 cm³/mol. The molecule has 0 aromatic heterocycles. The van der Waals surface area contributed by atoms with E-state index in [1.807, 2.05) is 66.7 Å². The molecule has 0 radical (unpaired) electrons. The van der Waals surface area contributed by atoms with E-state index in [1.54, 1.807) is 11.9 Å². The molecule has 2 aliphatic carbocycles. The van der Waals surface area contributed by atoms with Crippen molar-refractivity contribution in [2.45, 2.75) is 50.5 Å². The van der Waals surface area contributed by atoms with Crippen molar-refractivity contribution in [3.05, 3.63) is 107 Å². The summed E-state index contributed by atoms with van der Waals surface area (Å²) >= 11 is 0. The van der Waals surface area contributed by atoms with Gasteiger partial charge in [-0.3, -0.25) is 4.79 Å². The maximum absolute atomic E-state index is 14.8. The first kappa shape index (κ1) is 23.4. The summed E-state index contributed by atoms with van der Waals surface area (Å²) < 4.78 is 5.57. The molecule has 0 N–H and O–H groups in total. The van der Waals surface area contributed by atoms with Gasteiger partial charge in [-0.15, -0.1) is 0 Å². The monoisotopic (exact) mass is 490 g/mol. The number of hydrazone groups is 1. The van der Waals surface area contributed by atoms with E-state index in [0.29, 0.717) is 0 Å². The third-order valence-corrected chi connectivity index (χ3v) is 7.83. The Hall–Kier alpha value is -3.99. The molecule has 1 saturated carbocycles. The molecule has 0 saturated heterocycles. The van der Waals surface area contributed by atoms with E-state index in [0.717, 1.165) is 65.5 Å². The molecule has 3 aliphatic rings. The molecule has 1 heterocycles. The lowest BCUT2D eigenvalue weighted by Gasteiger charge is -2.32. The van der Waals surface area contributed by atoms with Crippen LogP contribution in [0.5, 0.6) is 0 Å². The van der Waals surface area contributed by atoms with Crippen LogP contribution < -0.4 is 0 Å². The predicted octanol–water partition coefficient (Wildman–Crippen LogP) is 5.99. The van der Waals surface area contributed by atoms with E-state index in [9.17, 15) is 9.59 Å². The van der Waals surface area contributed by atoms with Crippen LogP contribution in [0.1, 0.15) is 61.3 Å². The van der Waals surface area contributed by atoms with Crippen molar-refractivity contribution in [3.63, 3.8) is 0 Å². The van der Waals surface area contributed by atoms with Gasteiger partial charge in [-0.1, -0.05) is 104 Å². The largest absolute Gasteiger partial charge is 0.461 e. The zero-order valence-electron chi connectivity index (χ0n) is 21.0. The highest BCUT2D eigenvalue weighted by Gasteiger charge is 2.63. The van der Waals surface area contributed by atoms with Gasteiger partial charge in [0, 0.05) is 0 Å². The van der Waals surface area contributed by atoms with Crippen molar-refractivity contribution in [1.29, 1.82) is 0 Å². The van der Waals surface area contributed by atoms with Crippen molar-refractivity contribution < 1.29 is 14.3 Å². The van der Waals surface area contributed by atoms with Crippen LogP contribution in [0.25, 0.3) is 11.1 Å². The number of rotatable bonds is 5. The molecule has 1 amide bonds. The molecule has 5 heteroatoms. The number of hydrogen-bond acceptors (Lipinski definition) is 4. The summed E-state index contributed by atoms with van der Waals surface area (Å²) in [6.07, 6.45) is 5.05. The molecule has 1 aliphatic heterocycles. The van der Waals surface area contributed by atoms with Gasteiger partial charge in [-0.2, -0.15) is 5.10 Å². The molecule has 1 atom stereocenters. The highest BCUT2D eigenvalue weighted by molar-refractivity contribution is 6.52. The Labute approximate surface area is 217 Å². The minimum Gasteiger partial charge on any atom is -0.461 e. The van der Waals surface area contributed by atoms with Crippen molar-refractivity contribution >= 4 is 28.7 Å². The van der Waals surface area contributed by atoms with E-state index in [4.69, 9.17) is 9.84 Å². The van der Waals surface area contributed by atoms with Crippen LogP contribution in [0, 0.1) is 0 Å². The average Bonchev–Trinajstić information content (AvgIpc) is 3.43. The minimum absolute atomic E-state index is 0.0185. The standard InChI is InChI=1S/C32H30N2O3/c1-2-37-30(35)29-32(31(36)34(33-29)24-18-10-5-11-19-24)26-21-13-12-20-25(26)27(22-14-6-3-7-15-22)28(32)23-16-8-4-9-17-23/h3-4,6-9,12-17,20-21,24H,2,5,10-11,18-19H2,1H3/t32-/m0/s1. The number of ether oxygens (including phenoxy) is 1. The van der Waals surface area contributed by atoms with Crippen LogP contribution in [0.3, 0.4) is 0 Å². The Bertz CT molecular complexity index is 1400. The fourth-order valence-electron chi connectivity index (χ4n) is 6.29. The highest BCUT2D eigenvalue weighted by atomic mass is 16.5. The molecule has 37 heavy (non-hydrogen) atoms. The Kier molecular flexibility index (Phi) is 5.99. The van der Waals surface area contributed by atoms with Gasteiger partial charge < -0.3 is 4.74 Å². The summed E-state index contributed by atoms with van der Waals surface area (Å²) in [5, 5.41) is 6.47. The summed E-state index contributed by atoms with van der Waals surface area (Å²) in [6, 6.07) is 28.0. The normalized spacial score (nSPS) is 21.4. The summed E-state index contributed by atoms with van der Waals surface area (Å²) in [6.45, 7) is 2.00. The van der Waals surface area contributed by atoms with Crippen molar-refractivity contribution in [2.75, 3.05) is 6.61 Å². The fourth-order valence-corrected chi connectivity index (χ4v) is 6.29. The maximum Gasteiger partial charge on any atom is 0.356 e. The van der Waals surface area contributed by atoms with Crippen LogP contribution in [0.4, 0.5) is 0 Å². The zero-order valence-corrected chi connectivity index (χ0v) is 21.0. The first-order valence-corrected chi connectivity index (χ1v) is 13.2. The molecule has 0 bridgehead atoms. The highest BCUT2D eigenvalue weighted by Crippen LogP contribution is 2.57. The van der Waals surface area contributed by atoms with Crippen LogP contribution in [-0.4, -0.2) is 35.2 Å². The molecule has 6 rings (SSSR count). The second kappa shape index (κ2) is 9.47. The summed E-state index contributed by atoms with van der Waals surface area (Å²) in [7, 11) is 0. The maximum atomic E-state index is 14.8. The lowest BCUT2D eigenvalue weighted by molar-refractivity contribution is -0.137. The Morgan fingerprint density at radius 3 is 2.19 bits per heavy atom. The third-order valence-electron chi connectivity index (χ3n) is 7.83. The molecule has 0 unspecified atom stereocenters. The lowest BCUT2D eigenvalue weighted by Crippen LogP contribution is -2.48. The quantitative estimate of drug-likeness (QED) is 0.413. The lowest BCUT2D eigenvalue weighted by atomic mass is 9.70. The summed E-state index contributed by atoms with van der Waals surface area (Å²) in [4.78, 5) is 28.5. The van der Waals surface area contributed by atoms with E-state index in [2.05, 4.69) is 18.2 Å². The van der Waals surface area contributed by atoms with Gasteiger partial charge in [0.1, 0.15) is 0 Å². The molecular formula is C32H30N2O3. The van der Waals surface area contributed by atoms with Crippen LogP contribution in [0.15, 0.2) is 90.0 Å². The molecule has 1 fully saturated rings. The molecule has 3 aromatic carbocycles. The Balaban J connectivity index is 1.69. The van der Waals surface area contributed by atoms with E-state index < -0.39 is 11.4 Å². The molecule has 5 nitrogen and oxygen atoms in total. The topological polar surface area (TPSA) is 59.0 Å². The van der Waals surface area contributed by atoms with Crippen molar-refractivity contribution in [2.24, 2.45) is 5.10 Å². The second-order valence-corrected chi connectivity index (χ2v) is 9.89. The Morgan fingerprint density at radius 1 is 0.892 bits per heavy atom. The Morgan fingerprint density at radius 2 is 1.51 bits per heavy atom. The second-order valence-electron chi connectivity index (χ2n) is 9.89. The van der Waals surface area contributed by atoms with Crippen LogP contribution in [0.2, 0.25) is 0 Å². The van der Waals surface area contributed by atoms with Gasteiger partial charge >= 0.3 is 5.97 Å². The summed E-state index contributed by atoms with van der Waals surface area (Å²) in [5.41, 5.74) is 4.20. The van der Waals surface area contributed by atoms with Gasteiger partial charge in [0.05, 0.1) is 12.6 Å². The SMILES string of the molecule is CCOC(=O)C1=NN(C2CCCCC2)C(=O)[C@@]12C(c1ccccc1)=C(c1ccccc1)c1ccccc12. The fraction of sp³-hybridized carbons (Fsp3) is 0.281. The molecule has 3 aromatic rings. The van der Waals surface area contributed by atoms with Crippen LogP contribution in [-0.2, 0) is 19.7 Å². The average molecular weight is 491 g/mol. The number of benzene rings is 3. The number of carbonyl (C=O) groups is 2. The number of hydrogen-bond donors (Lipinski definition) is 0. The van der Waals surface area contributed by atoms with Crippen molar-refractivity contribution in [3.8, 4) is 0 Å². The third kappa shape index (κ3) is 3.56. The first-order valence-electron chi connectivity index (χ1n) is 13.2. The van der Waals surface area contributed by atoms with Crippen molar-refractivity contribution in [1.82, 2.24) is 5.01 Å². The molecule has 186 valence electrons. The van der Waals surface area contributed by atoms with E-state index in [-0.39, 0.29) is 24.3 Å². The van der Waals surface area contributed by atoms with Gasteiger partial charge in [0.2, 0.25) is 0 Å². The smallest absolute Gasteiger partial charge is 0.356 e. The number of esters is 1. The van der Waals surface area contributed by atoms with E-state index in [1.165, 1.54) is 0 Å². The zero-order chi connectivity index (χ0) is 25.4. The van der Waals surface area contributed by atoms with Gasteiger partial charge in [0.25, 0.3) is 5.91 Å². The number of fused-ring (bicyclic) bond motifs is 2. The number of carbonyl (C=O) groups excluding carboxylic acids is 2. The number of nitrogens with zero attached hydrogens (tertiary/aromatic N) is 2. The molecule has 1 spiro atoms. The first-order chi connectivity index (χ1) is 18.2.